The smallest absolute Gasteiger partial charge is 0.341 e. The van der Waals surface area contributed by atoms with Crippen LogP contribution in [-0.4, -0.2) is 21.6 Å². The van der Waals surface area contributed by atoms with Crippen molar-refractivity contribution in [1.82, 2.24) is 15.1 Å². The maximum Gasteiger partial charge on any atom is 0.416 e. The summed E-state index contributed by atoms with van der Waals surface area (Å²) in [6.45, 7) is 0. The van der Waals surface area contributed by atoms with Gasteiger partial charge in [-0.15, -0.1) is 0 Å². The number of benzene rings is 3. The molecule has 12 heteroatoms. The van der Waals surface area contributed by atoms with Crippen LogP contribution in [0, 0.1) is 11.6 Å². The summed E-state index contributed by atoms with van der Waals surface area (Å²) in [5, 5.41) is 9.95. The number of hydrogen-bond acceptors (Lipinski definition) is 3. The number of fused-ring (bicyclic) bond motifs is 3. The van der Waals surface area contributed by atoms with Crippen molar-refractivity contribution < 1.29 is 31.5 Å². The number of rotatable bonds is 3. The molecule has 2 amide bonds. The number of aromatic nitrogens is 2. The van der Waals surface area contributed by atoms with E-state index in [2.05, 4.69) is 15.7 Å². The van der Waals surface area contributed by atoms with E-state index in [1.807, 2.05) is 0 Å². The number of halogens is 6. The largest absolute Gasteiger partial charge is 0.416 e. The minimum absolute atomic E-state index is 0.0108. The fourth-order valence-corrected chi connectivity index (χ4v) is 4.55. The van der Waals surface area contributed by atoms with Crippen LogP contribution in [0.4, 0.5) is 27.6 Å². The molecule has 0 saturated carbocycles. The maximum atomic E-state index is 13.9. The van der Waals surface area contributed by atoms with Gasteiger partial charge in [-0.2, -0.15) is 18.3 Å². The first kappa shape index (κ1) is 23.7. The molecule has 5 rings (SSSR count). The number of amides is 2. The molecular formula is C24H14ClF5N4O2. The second kappa shape index (κ2) is 8.30. The summed E-state index contributed by atoms with van der Waals surface area (Å²) in [7, 11) is 1.62. The predicted molar refractivity (Wildman–Crippen MR) is 121 cm³/mol. The Morgan fingerprint density at radius 1 is 1.11 bits per heavy atom. The molecule has 0 radical (unpaired) electrons. The van der Waals surface area contributed by atoms with E-state index in [-0.39, 0.29) is 27.9 Å². The van der Waals surface area contributed by atoms with E-state index in [4.69, 9.17) is 11.6 Å². The van der Waals surface area contributed by atoms with Crippen molar-refractivity contribution in [3.8, 4) is 0 Å². The van der Waals surface area contributed by atoms with E-state index in [0.717, 1.165) is 12.1 Å². The molecule has 4 aromatic rings. The number of alkyl halides is 3. The Morgan fingerprint density at radius 2 is 1.86 bits per heavy atom. The lowest BCUT2D eigenvalue weighted by Gasteiger charge is -2.18. The number of aryl methyl sites for hydroxylation is 1. The predicted octanol–water partition coefficient (Wildman–Crippen LogP) is 5.61. The zero-order valence-electron chi connectivity index (χ0n) is 18.2. The van der Waals surface area contributed by atoms with Gasteiger partial charge < -0.3 is 10.6 Å². The molecule has 2 N–H and O–H groups in total. The third-order valence-corrected chi connectivity index (χ3v) is 6.09. The Kier molecular flexibility index (Phi) is 5.47. The fourth-order valence-electron chi connectivity index (χ4n) is 4.27. The lowest BCUT2D eigenvalue weighted by Crippen LogP contribution is -2.21. The summed E-state index contributed by atoms with van der Waals surface area (Å²) < 4.78 is 68.5. The van der Waals surface area contributed by atoms with Crippen LogP contribution in [0.25, 0.3) is 10.9 Å². The molecule has 2 heterocycles. The monoisotopic (exact) mass is 520 g/mol. The van der Waals surface area contributed by atoms with Crippen LogP contribution in [0.2, 0.25) is 5.02 Å². The molecule has 36 heavy (non-hydrogen) atoms. The van der Waals surface area contributed by atoms with E-state index in [9.17, 15) is 31.5 Å². The minimum atomic E-state index is -4.87. The highest BCUT2D eigenvalue weighted by Crippen LogP contribution is 2.42. The average Bonchev–Trinajstić information content (AvgIpc) is 3.31. The van der Waals surface area contributed by atoms with Gasteiger partial charge in [0.2, 0.25) is 0 Å². The topological polar surface area (TPSA) is 76.0 Å². The molecule has 0 spiro atoms. The molecule has 0 saturated heterocycles. The Balaban J connectivity index is 1.66. The van der Waals surface area contributed by atoms with Gasteiger partial charge in [0.05, 0.1) is 22.7 Å². The molecule has 1 aliphatic rings. The zero-order valence-corrected chi connectivity index (χ0v) is 18.9. The van der Waals surface area contributed by atoms with Crippen LogP contribution in [0.15, 0.2) is 48.7 Å². The van der Waals surface area contributed by atoms with E-state index in [1.165, 1.54) is 16.8 Å². The highest BCUT2D eigenvalue weighted by Gasteiger charge is 2.37. The van der Waals surface area contributed by atoms with Crippen molar-refractivity contribution in [2.45, 2.75) is 12.2 Å². The number of carbonyl (C=O) groups is 2. The highest BCUT2D eigenvalue weighted by molar-refractivity contribution is 6.31. The Morgan fingerprint density at radius 3 is 2.56 bits per heavy atom. The number of nitrogens with zero attached hydrogens (tertiary/aromatic N) is 2. The molecule has 1 atom stereocenters. The highest BCUT2D eigenvalue weighted by atomic mass is 35.5. The van der Waals surface area contributed by atoms with Crippen LogP contribution >= 0.6 is 11.6 Å². The molecule has 3 aromatic carbocycles. The molecule has 1 aromatic heterocycles. The standard InChI is InChI=1S/C24H14ClF5N4O2/c1-34-9-15-17(33-34)8-18(31-22(35)10-4-11(24(28,29)30)6-13(27)5-10)20-19(15)23(36)32-21(20)14-3-2-12(26)7-16(14)25/h2-9,21H,1H3,(H,31,35)(H,32,36). The van der Waals surface area contributed by atoms with Crippen LogP contribution in [0.5, 0.6) is 0 Å². The van der Waals surface area contributed by atoms with Gasteiger partial charge in [-0.25, -0.2) is 8.78 Å². The van der Waals surface area contributed by atoms with Gasteiger partial charge in [0.1, 0.15) is 11.6 Å². The summed E-state index contributed by atoms with van der Waals surface area (Å²) >= 11 is 6.23. The molecule has 0 fully saturated rings. The maximum absolute atomic E-state index is 13.9. The quantitative estimate of drug-likeness (QED) is 0.345. The van der Waals surface area contributed by atoms with Gasteiger partial charge in [-0.1, -0.05) is 17.7 Å². The lowest BCUT2D eigenvalue weighted by atomic mass is 9.94. The number of carbonyl (C=O) groups excluding carboxylic acids is 2. The average molecular weight is 521 g/mol. The van der Waals surface area contributed by atoms with Gasteiger partial charge >= 0.3 is 6.18 Å². The van der Waals surface area contributed by atoms with Crippen LogP contribution < -0.4 is 10.6 Å². The molecule has 0 bridgehead atoms. The molecular weight excluding hydrogens is 507 g/mol. The lowest BCUT2D eigenvalue weighted by molar-refractivity contribution is -0.137. The molecule has 0 aliphatic carbocycles. The van der Waals surface area contributed by atoms with Gasteiger partial charge in [-0.3, -0.25) is 14.3 Å². The van der Waals surface area contributed by atoms with Crippen molar-refractivity contribution in [2.24, 2.45) is 7.05 Å². The van der Waals surface area contributed by atoms with Crippen molar-refractivity contribution >= 4 is 40.0 Å². The van der Waals surface area contributed by atoms with Crippen LogP contribution in [-0.2, 0) is 13.2 Å². The van der Waals surface area contributed by atoms with Crippen molar-refractivity contribution in [3.05, 3.63) is 93.1 Å². The van der Waals surface area contributed by atoms with Crippen molar-refractivity contribution in [2.75, 3.05) is 5.32 Å². The number of nitrogens with one attached hydrogen (secondary N) is 2. The second-order valence-corrected chi connectivity index (χ2v) is 8.61. The SMILES string of the molecule is Cn1cc2c3c(c(NC(=O)c4cc(F)cc(C(F)(F)F)c4)cc2n1)C(c1ccc(F)cc1Cl)NC3=O. The molecule has 184 valence electrons. The van der Waals surface area contributed by atoms with Gasteiger partial charge in [0.25, 0.3) is 11.8 Å². The van der Waals surface area contributed by atoms with Crippen LogP contribution in [0.1, 0.15) is 43.4 Å². The minimum Gasteiger partial charge on any atom is -0.341 e. The van der Waals surface area contributed by atoms with E-state index in [0.29, 0.717) is 28.6 Å². The van der Waals surface area contributed by atoms with E-state index < -0.39 is 46.8 Å². The third kappa shape index (κ3) is 4.05. The Hall–Kier alpha value is -3.99. The van der Waals surface area contributed by atoms with Gasteiger partial charge in [0, 0.05) is 40.5 Å². The van der Waals surface area contributed by atoms with Crippen molar-refractivity contribution in [3.63, 3.8) is 0 Å². The summed E-state index contributed by atoms with van der Waals surface area (Å²) in [5.74, 6) is -3.40. The Labute approximate surface area is 204 Å². The molecule has 6 nitrogen and oxygen atoms in total. The summed E-state index contributed by atoms with van der Waals surface area (Å²) in [6, 6.07) is 5.59. The normalized spacial score (nSPS) is 15.2. The number of hydrogen-bond donors (Lipinski definition) is 2. The number of anilines is 1. The zero-order chi connectivity index (χ0) is 25.9. The summed E-state index contributed by atoms with van der Waals surface area (Å²) in [5.41, 5.74) is -0.789. The van der Waals surface area contributed by atoms with Crippen LogP contribution in [0.3, 0.4) is 0 Å². The third-order valence-electron chi connectivity index (χ3n) is 5.77. The molecule has 1 unspecified atom stereocenters. The first-order valence-electron chi connectivity index (χ1n) is 10.4. The summed E-state index contributed by atoms with van der Waals surface area (Å²) in [4.78, 5) is 26.0. The van der Waals surface area contributed by atoms with Crippen molar-refractivity contribution in [1.29, 1.82) is 0 Å². The fraction of sp³-hybridized carbons (Fsp3) is 0.125. The van der Waals surface area contributed by atoms with E-state index in [1.54, 1.807) is 13.2 Å². The molecule has 1 aliphatic heterocycles. The first-order valence-corrected chi connectivity index (χ1v) is 10.8. The second-order valence-electron chi connectivity index (χ2n) is 8.20. The first-order chi connectivity index (χ1) is 16.9. The van der Waals surface area contributed by atoms with Gasteiger partial charge in [0.15, 0.2) is 0 Å². The Bertz CT molecular complexity index is 1580. The van der Waals surface area contributed by atoms with E-state index >= 15 is 0 Å². The van der Waals surface area contributed by atoms with Gasteiger partial charge in [-0.05, 0) is 42.0 Å². The summed E-state index contributed by atoms with van der Waals surface area (Å²) in [6.07, 6.45) is -3.28.